The van der Waals surface area contributed by atoms with Crippen LogP contribution in [0.5, 0.6) is 0 Å². The number of nitrogens with zero attached hydrogens (tertiary/aromatic N) is 3. The van der Waals surface area contributed by atoms with Gasteiger partial charge in [-0.05, 0) is 13.3 Å². The van der Waals surface area contributed by atoms with Crippen molar-refractivity contribution in [3.63, 3.8) is 0 Å². The molecule has 0 aromatic carbocycles. The third kappa shape index (κ3) is 1.84. The Kier molecular flexibility index (Phi) is 3.07. The van der Waals surface area contributed by atoms with Gasteiger partial charge in [0.25, 0.3) is 0 Å². The van der Waals surface area contributed by atoms with Crippen molar-refractivity contribution >= 4 is 5.82 Å². The van der Waals surface area contributed by atoms with Gasteiger partial charge in [0.05, 0.1) is 12.2 Å². The summed E-state index contributed by atoms with van der Waals surface area (Å²) in [5.41, 5.74) is 6.52. The molecule has 5 heteroatoms. The molecular formula is C9H13FN4. The van der Waals surface area contributed by atoms with Crippen molar-refractivity contribution in [3.05, 3.63) is 11.3 Å². The molecule has 1 unspecified atom stereocenters. The number of aromatic nitrogens is 2. The second kappa shape index (κ2) is 4.09. The van der Waals surface area contributed by atoms with E-state index in [2.05, 4.69) is 5.10 Å². The minimum atomic E-state index is -0.969. The maximum absolute atomic E-state index is 13.0. The van der Waals surface area contributed by atoms with Crippen molar-refractivity contribution in [2.75, 3.05) is 5.73 Å². The summed E-state index contributed by atoms with van der Waals surface area (Å²) in [6, 6.07) is 1.94. The molecule has 1 rings (SSSR count). The van der Waals surface area contributed by atoms with E-state index in [0.29, 0.717) is 17.7 Å². The lowest BCUT2D eigenvalue weighted by Crippen LogP contribution is -2.14. The molecule has 1 aromatic heterocycles. The van der Waals surface area contributed by atoms with E-state index in [1.165, 1.54) is 4.68 Å². The van der Waals surface area contributed by atoms with Gasteiger partial charge in [0, 0.05) is 0 Å². The fourth-order valence-corrected chi connectivity index (χ4v) is 1.19. The maximum Gasteiger partial charge on any atom is 0.140 e. The molecule has 0 aliphatic heterocycles. The van der Waals surface area contributed by atoms with Crippen molar-refractivity contribution in [1.82, 2.24) is 9.78 Å². The number of halogens is 1. The lowest BCUT2D eigenvalue weighted by Gasteiger charge is -2.06. The molecule has 0 fully saturated rings. The molecule has 0 bridgehead atoms. The van der Waals surface area contributed by atoms with Gasteiger partial charge in [-0.25, -0.2) is 9.07 Å². The Balaban J connectivity index is 2.95. The molecule has 0 amide bonds. The standard InChI is InChI=1S/C9H13FN4/c1-3-7(10)5-14-9(12)8(4-11)6(2)13-14/h7H,3,5,12H2,1-2H3. The van der Waals surface area contributed by atoms with Crippen LogP contribution in [0.15, 0.2) is 0 Å². The molecule has 2 N–H and O–H groups in total. The molecule has 0 radical (unpaired) electrons. The van der Waals surface area contributed by atoms with Crippen LogP contribution in [0.1, 0.15) is 24.6 Å². The first kappa shape index (κ1) is 10.5. The minimum absolute atomic E-state index is 0.116. The summed E-state index contributed by atoms with van der Waals surface area (Å²) in [4.78, 5) is 0. The van der Waals surface area contributed by atoms with Gasteiger partial charge in [-0.1, -0.05) is 6.92 Å². The Morgan fingerprint density at radius 2 is 2.36 bits per heavy atom. The zero-order valence-corrected chi connectivity index (χ0v) is 8.29. The van der Waals surface area contributed by atoms with Crippen molar-refractivity contribution in [2.45, 2.75) is 33.0 Å². The first-order valence-corrected chi connectivity index (χ1v) is 4.47. The summed E-state index contributed by atoms with van der Waals surface area (Å²) in [5, 5.41) is 12.7. The number of aryl methyl sites for hydroxylation is 1. The van der Waals surface area contributed by atoms with Gasteiger partial charge in [-0.2, -0.15) is 10.4 Å². The number of nitrogen functional groups attached to an aromatic ring is 1. The van der Waals surface area contributed by atoms with Crippen LogP contribution in [-0.4, -0.2) is 16.0 Å². The van der Waals surface area contributed by atoms with Gasteiger partial charge in [0.15, 0.2) is 0 Å². The predicted molar refractivity (Wildman–Crippen MR) is 51.3 cm³/mol. The Labute approximate surface area is 82.1 Å². The first-order chi connectivity index (χ1) is 6.60. The zero-order valence-electron chi connectivity index (χ0n) is 8.29. The largest absolute Gasteiger partial charge is 0.383 e. The van der Waals surface area contributed by atoms with Crippen molar-refractivity contribution in [3.8, 4) is 6.07 Å². The van der Waals surface area contributed by atoms with Crippen LogP contribution in [-0.2, 0) is 6.54 Å². The second-order valence-corrected chi connectivity index (χ2v) is 3.15. The van der Waals surface area contributed by atoms with Gasteiger partial charge in [-0.15, -0.1) is 0 Å². The van der Waals surface area contributed by atoms with E-state index in [9.17, 15) is 4.39 Å². The molecule has 0 saturated heterocycles. The number of nitrogens with two attached hydrogens (primary N) is 1. The number of hydrogen-bond donors (Lipinski definition) is 1. The molecule has 1 atom stereocenters. The fraction of sp³-hybridized carbons (Fsp3) is 0.556. The predicted octanol–water partition coefficient (Wildman–Crippen LogP) is 1.39. The van der Waals surface area contributed by atoms with Crippen LogP contribution in [0.3, 0.4) is 0 Å². The second-order valence-electron chi connectivity index (χ2n) is 3.15. The molecule has 4 nitrogen and oxygen atoms in total. The molecule has 0 spiro atoms. The third-order valence-electron chi connectivity index (χ3n) is 2.09. The Bertz CT molecular complexity index is 364. The molecular weight excluding hydrogens is 183 g/mol. The number of hydrogen-bond acceptors (Lipinski definition) is 3. The average molecular weight is 196 g/mol. The molecule has 0 saturated carbocycles. The lowest BCUT2D eigenvalue weighted by atomic mass is 10.2. The summed E-state index contributed by atoms with van der Waals surface area (Å²) in [7, 11) is 0. The Morgan fingerprint density at radius 1 is 1.71 bits per heavy atom. The smallest absolute Gasteiger partial charge is 0.140 e. The van der Waals surface area contributed by atoms with Crippen molar-refractivity contribution in [2.24, 2.45) is 0 Å². The highest BCUT2D eigenvalue weighted by molar-refractivity contribution is 5.51. The highest BCUT2D eigenvalue weighted by Crippen LogP contribution is 2.16. The van der Waals surface area contributed by atoms with Crippen LogP contribution in [0.25, 0.3) is 0 Å². The maximum atomic E-state index is 13.0. The lowest BCUT2D eigenvalue weighted by molar-refractivity contribution is 0.279. The van der Waals surface area contributed by atoms with Gasteiger partial charge >= 0.3 is 0 Å². The molecule has 76 valence electrons. The van der Waals surface area contributed by atoms with Crippen molar-refractivity contribution < 1.29 is 4.39 Å². The Hall–Kier alpha value is -1.57. The van der Waals surface area contributed by atoms with E-state index in [0.717, 1.165) is 0 Å². The van der Waals surface area contributed by atoms with E-state index in [1.807, 2.05) is 6.07 Å². The van der Waals surface area contributed by atoms with Gasteiger partial charge < -0.3 is 5.73 Å². The van der Waals surface area contributed by atoms with Gasteiger partial charge in [0.2, 0.25) is 0 Å². The van der Waals surface area contributed by atoms with Gasteiger partial charge in [0.1, 0.15) is 23.6 Å². The highest BCUT2D eigenvalue weighted by Gasteiger charge is 2.14. The normalized spacial score (nSPS) is 12.4. The first-order valence-electron chi connectivity index (χ1n) is 4.47. The molecule has 1 aromatic rings. The summed E-state index contributed by atoms with van der Waals surface area (Å²) in [6.45, 7) is 3.55. The van der Waals surface area contributed by atoms with E-state index < -0.39 is 6.17 Å². The van der Waals surface area contributed by atoms with Crippen LogP contribution in [0, 0.1) is 18.3 Å². The number of anilines is 1. The van der Waals surface area contributed by atoms with Crippen LogP contribution >= 0.6 is 0 Å². The quantitative estimate of drug-likeness (QED) is 0.794. The van der Waals surface area contributed by atoms with Crippen LogP contribution < -0.4 is 5.73 Å². The fourth-order valence-electron chi connectivity index (χ4n) is 1.19. The summed E-state index contributed by atoms with van der Waals surface area (Å²) >= 11 is 0. The SMILES string of the molecule is CCC(F)Cn1nc(C)c(C#N)c1N. The third-order valence-corrected chi connectivity index (χ3v) is 2.09. The molecule has 0 aliphatic rings. The average Bonchev–Trinajstić information content (AvgIpc) is 2.42. The zero-order chi connectivity index (χ0) is 10.7. The van der Waals surface area contributed by atoms with E-state index in [4.69, 9.17) is 11.0 Å². The van der Waals surface area contributed by atoms with Crippen LogP contribution in [0.4, 0.5) is 10.2 Å². The summed E-state index contributed by atoms with van der Waals surface area (Å²) < 4.78 is 14.4. The number of alkyl halides is 1. The van der Waals surface area contributed by atoms with E-state index in [-0.39, 0.29) is 12.4 Å². The highest BCUT2D eigenvalue weighted by atomic mass is 19.1. The molecule has 14 heavy (non-hydrogen) atoms. The molecule has 1 heterocycles. The monoisotopic (exact) mass is 196 g/mol. The van der Waals surface area contributed by atoms with E-state index in [1.54, 1.807) is 13.8 Å². The topological polar surface area (TPSA) is 67.6 Å². The Morgan fingerprint density at radius 3 is 2.79 bits per heavy atom. The van der Waals surface area contributed by atoms with Gasteiger partial charge in [-0.3, -0.25) is 0 Å². The summed E-state index contributed by atoms with van der Waals surface area (Å²) in [6.07, 6.45) is -0.552. The van der Waals surface area contributed by atoms with E-state index >= 15 is 0 Å². The van der Waals surface area contributed by atoms with Crippen molar-refractivity contribution in [1.29, 1.82) is 5.26 Å². The number of rotatable bonds is 3. The minimum Gasteiger partial charge on any atom is -0.383 e. The molecule has 0 aliphatic carbocycles. The van der Waals surface area contributed by atoms with Crippen LogP contribution in [0.2, 0.25) is 0 Å². The summed E-state index contributed by atoms with van der Waals surface area (Å²) in [5.74, 6) is 0.251. The number of nitriles is 1.